The lowest BCUT2D eigenvalue weighted by molar-refractivity contribution is 0.569. The molecule has 142 valence electrons. The summed E-state index contributed by atoms with van der Waals surface area (Å²) in [6.07, 6.45) is 3.61. The Balaban J connectivity index is 1.83. The van der Waals surface area contributed by atoms with Crippen molar-refractivity contribution in [3.63, 3.8) is 0 Å². The average Bonchev–Trinajstić information content (AvgIpc) is 3.08. The van der Waals surface area contributed by atoms with Gasteiger partial charge in [0.05, 0.1) is 6.54 Å². The molecule has 0 atom stereocenters. The summed E-state index contributed by atoms with van der Waals surface area (Å²) in [4.78, 5) is 1.68. The van der Waals surface area contributed by atoms with E-state index in [-0.39, 0.29) is 0 Å². The van der Waals surface area contributed by atoms with Gasteiger partial charge >= 0.3 is 0 Å². The van der Waals surface area contributed by atoms with E-state index in [0.717, 1.165) is 29.1 Å². The summed E-state index contributed by atoms with van der Waals surface area (Å²) in [7, 11) is 0. The van der Waals surface area contributed by atoms with E-state index in [1.54, 1.807) is 4.80 Å². The Kier molecular flexibility index (Phi) is 7.27. The third-order valence-electron chi connectivity index (χ3n) is 4.38. The minimum absolute atomic E-state index is 0.439. The van der Waals surface area contributed by atoms with Gasteiger partial charge in [0.2, 0.25) is 0 Å². The highest BCUT2D eigenvalue weighted by molar-refractivity contribution is 6.35. The number of hydrogen-bond acceptors (Lipinski definition) is 3. The van der Waals surface area contributed by atoms with E-state index < -0.39 is 0 Å². The van der Waals surface area contributed by atoms with Crippen molar-refractivity contribution in [1.29, 1.82) is 0 Å². The van der Waals surface area contributed by atoms with Crippen molar-refractivity contribution in [1.82, 2.24) is 20.3 Å². The number of nitrogens with one attached hydrogen (secondary N) is 1. The van der Waals surface area contributed by atoms with Gasteiger partial charge < -0.3 is 5.32 Å². The van der Waals surface area contributed by atoms with E-state index in [1.807, 2.05) is 36.4 Å². The first kappa shape index (κ1) is 19.9. The number of unbranched alkanes of at least 4 members (excludes halogenated alkanes) is 2. The van der Waals surface area contributed by atoms with Gasteiger partial charge in [-0.2, -0.15) is 15.0 Å². The highest BCUT2D eigenvalue weighted by atomic mass is 35.5. The highest BCUT2D eigenvalue weighted by Crippen LogP contribution is 2.26. The molecule has 6 heteroatoms. The molecular formula is C21H24Cl2N4. The van der Waals surface area contributed by atoms with Crippen LogP contribution in [-0.2, 0) is 13.1 Å². The van der Waals surface area contributed by atoms with Crippen LogP contribution in [0.25, 0.3) is 11.3 Å². The topological polar surface area (TPSA) is 42.7 Å². The fraction of sp³-hybridized carbons (Fsp3) is 0.333. The normalized spacial score (nSPS) is 11.1. The van der Waals surface area contributed by atoms with Gasteiger partial charge in [-0.3, -0.25) is 0 Å². The van der Waals surface area contributed by atoms with Crippen molar-refractivity contribution in [3.05, 3.63) is 69.8 Å². The van der Waals surface area contributed by atoms with Crippen LogP contribution >= 0.6 is 23.2 Å². The van der Waals surface area contributed by atoms with E-state index in [0.29, 0.717) is 23.1 Å². The minimum atomic E-state index is 0.439. The smallest absolute Gasteiger partial charge is 0.117 e. The molecule has 1 heterocycles. The molecule has 27 heavy (non-hydrogen) atoms. The summed E-state index contributed by atoms with van der Waals surface area (Å²) >= 11 is 12.6. The average molecular weight is 403 g/mol. The van der Waals surface area contributed by atoms with Crippen LogP contribution in [-0.4, -0.2) is 21.5 Å². The van der Waals surface area contributed by atoms with E-state index >= 15 is 0 Å². The predicted octanol–water partition coefficient (Wildman–Crippen LogP) is 5.58. The maximum Gasteiger partial charge on any atom is 0.117 e. The second-order valence-electron chi connectivity index (χ2n) is 6.48. The molecule has 0 unspecified atom stereocenters. The molecule has 1 aromatic heterocycles. The number of aromatic nitrogens is 3. The van der Waals surface area contributed by atoms with Crippen molar-refractivity contribution in [3.8, 4) is 11.3 Å². The lowest BCUT2D eigenvalue weighted by Gasteiger charge is -2.05. The van der Waals surface area contributed by atoms with Gasteiger partial charge in [0.1, 0.15) is 11.4 Å². The molecule has 1 N–H and O–H groups in total. The second kappa shape index (κ2) is 9.88. The van der Waals surface area contributed by atoms with Crippen LogP contribution in [0.5, 0.6) is 0 Å². The first-order valence-electron chi connectivity index (χ1n) is 9.32. The Morgan fingerprint density at radius 1 is 0.926 bits per heavy atom. The minimum Gasteiger partial charge on any atom is -0.311 e. The zero-order chi connectivity index (χ0) is 19.1. The monoisotopic (exact) mass is 402 g/mol. The molecule has 3 aromatic rings. The van der Waals surface area contributed by atoms with Crippen LogP contribution in [0, 0.1) is 0 Å². The van der Waals surface area contributed by atoms with Crippen molar-refractivity contribution in [2.75, 3.05) is 6.54 Å². The molecule has 0 amide bonds. The van der Waals surface area contributed by atoms with Crippen molar-refractivity contribution >= 4 is 23.2 Å². The lowest BCUT2D eigenvalue weighted by atomic mass is 10.1. The van der Waals surface area contributed by atoms with Crippen molar-refractivity contribution in [2.24, 2.45) is 0 Å². The van der Waals surface area contributed by atoms with Gasteiger partial charge in [-0.1, -0.05) is 79.4 Å². The van der Waals surface area contributed by atoms with E-state index in [2.05, 4.69) is 24.4 Å². The van der Waals surface area contributed by atoms with Gasteiger partial charge in [0, 0.05) is 27.7 Å². The van der Waals surface area contributed by atoms with Gasteiger partial charge in [-0.25, -0.2) is 0 Å². The van der Waals surface area contributed by atoms with Crippen molar-refractivity contribution < 1.29 is 0 Å². The third-order valence-corrected chi connectivity index (χ3v) is 5.09. The van der Waals surface area contributed by atoms with Gasteiger partial charge in [-0.05, 0) is 25.1 Å². The second-order valence-corrected chi connectivity index (χ2v) is 7.29. The van der Waals surface area contributed by atoms with Gasteiger partial charge in [0.15, 0.2) is 0 Å². The van der Waals surface area contributed by atoms with Crippen LogP contribution in [0.1, 0.15) is 37.4 Å². The summed E-state index contributed by atoms with van der Waals surface area (Å²) in [5.74, 6) is 0. The Morgan fingerprint density at radius 2 is 1.67 bits per heavy atom. The van der Waals surface area contributed by atoms with Crippen LogP contribution in [0.15, 0.2) is 48.5 Å². The third kappa shape index (κ3) is 5.32. The largest absolute Gasteiger partial charge is 0.311 e. The van der Waals surface area contributed by atoms with E-state index in [1.165, 1.54) is 19.3 Å². The summed E-state index contributed by atoms with van der Waals surface area (Å²) in [5, 5.41) is 14.2. The van der Waals surface area contributed by atoms with Crippen LogP contribution < -0.4 is 5.32 Å². The molecule has 0 aliphatic rings. The number of rotatable bonds is 9. The molecule has 0 aliphatic carbocycles. The summed E-state index contributed by atoms with van der Waals surface area (Å²) in [5.41, 5.74) is 3.71. The SMILES string of the molecule is CCCCCNCc1nn(Cc2c(Cl)cccc2Cl)nc1-c1ccccc1. The standard InChI is InChI=1S/C21H24Cl2N4/c1-2-3-7-13-24-14-20-21(16-9-5-4-6-10-16)26-27(25-20)15-17-18(22)11-8-12-19(17)23/h4-6,8-12,24H,2-3,7,13-15H2,1H3. The van der Waals surface area contributed by atoms with Crippen LogP contribution in [0.4, 0.5) is 0 Å². The quantitative estimate of drug-likeness (QED) is 0.475. The molecule has 0 bridgehead atoms. The Morgan fingerprint density at radius 3 is 2.37 bits per heavy atom. The first-order valence-corrected chi connectivity index (χ1v) is 10.1. The number of halogens is 2. The van der Waals surface area contributed by atoms with Crippen molar-refractivity contribution in [2.45, 2.75) is 39.3 Å². The predicted molar refractivity (Wildman–Crippen MR) is 112 cm³/mol. The molecule has 4 nitrogen and oxygen atoms in total. The maximum atomic E-state index is 6.31. The molecule has 3 rings (SSSR count). The zero-order valence-electron chi connectivity index (χ0n) is 15.5. The Hall–Kier alpha value is -1.88. The van der Waals surface area contributed by atoms with E-state index in [9.17, 15) is 0 Å². The zero-order valence-corrected chi connectivity index (χ0v) is 17.0. The summed E-state index contributed by atoms with van der Waals surface area (Å²) < 4.78 is 0. The number of nitrogens with zero attached hydrogens (tertiary/aromatic N) is 3. The number of benzene rings is 2. The molecule has 0 radical (unpaired) electrons. The molecule has 0 fully saturated rings. The van der Waals surface area contributed by atoms with E-state index in [4.69, 9.17) is 33.4 Å². The fourth-order valence-corrected chi connectivity index (χ4v) is 3.44. The molecule has 2 aromatic carbocycles. The lowest BCUT2D eigenvalue weighted by Crippen LogP contribution is -2.16. The molecule has 0 aliphatic heterocycles. The van der Waals surface area contributed by atoms with Crippen LogP contribution in [0.3, 0.4) is 0 Å². The summed E-state index contributed by atoms with van der Waals surface area (Å²) in [6, 6.07) is 15.6. The Bertz CT molecular complexity index is 842. The molecular weight excluding hydrogens is 379 g/mol. The van der Waals surface area contributed by atoms with Gasteiger partial charge in [0.25, 0.3) is 0 Å². The first-order chi connectivity index (χ1) is 13.2. The molecule has 0 spiro atoms. The highest BCUT2D eigenvalue weighted by Gasteiger charge is 2.15. The fourth-order valence-electron chi connectivity index (χ4n) is 2.92. The molecule has 0 saturated heterocycles. The maximum absolute atomic E-state index is 6.31. The van der Waals surface area contributed by atoms with Gasteiger partial charge in [-0.15, -0.1) is 0 Å². The number of hydrogen-bond donors (Lipinski definition) is 1. The summed E-state index contributed by atoms with van der Waals surface area (Å²) in [6.45, 7) is 4.31. The molecule has 0 saturated carbocycles. The van der Waals surface area contributed by atoms with Crippen LogP contribution in [0.2, 0.25) is 10.0 Å². The Labute approximate surface area is 170 Å².